The molecule has 0 saturated carbocycles. The average molecular weight is 221 g/mol. The summed E-state index contributed by atoms with van der Waals surface area (Å²) in [5.74, 6) is 0. The molecule has 7 nitrogen and oxygen atoms in total. The Morgan fingerprint density at radius 3 is 1.42 bits per heavy atom. The van der Waals surface area contributed by atoms with Crippen LogP contribution in [0.4, 0.5) is 0 Å². The van der Waals surface area contributed by atoms with Crippen molar-refractivity contribution < 1.29 is 52.4 Å². The molecule has 56 valence electrons. The summed E-state index contributed by atoms with van der Waals surface area (Å²) in [6.07, 6.45) is 0. The van der Waals surface area contributed by atoms with E-state index in [2.05, 4.69) is 22.9 Å². The second-order valence-electron chi connectivity index (χ2n) is 1.84. The smallest absolute Gasteiger partial charge is 0.833 e. The van der Waals surface area contributed by atoms with Gasteiger partial charge in [0.05, 0.1) is 0 Å². The van der Waals surface area contributed by atoms with E-state index in [-0.39, 0.29) is 19.5 Å². The van der Waals surface area contributed by atoms with Crippen LogP contribution in [0.25, 0.3) is 0 Å². The Morgan fingerprint density at radius 1 is 0.833 bits per heavy atom. The largest absolute Gasteiger partial charge is 2.00 e. The summed E-state index contributed by atoms with van der Waals surface area (Å²) in [7, 11) is -5.17. The second kappa shape index (κ2) is 4.21. The molecule has 2 aliphatic heterocycles. The van der Waals surface area contributed by atoms with Crippen LogP contribution >= 0.6 is 0 Å². The van der Waals surface area contributed by atoms with Crippen molar-refractivity contribution >= 4 is 29.3 Å². The molecule has 0 unspecified atom stereocenters. The molecule has 0 spiro atoms. The van der Waals surface area contributed by atoms with E-state index in [1.807, 2.05) is 0 Å². The summed E-state index contributed by atoms with van der Waals surface area (Å²) in [6, 6.07) is 0. The maximum absolute atomic E-state index is 10.1. The van der Waals surface area contributed by atoms with Crippen LogP contribution in [0.15, 0.2) is 0 Å². The van der Waals surface area contributed by atoms with Crippen molar-refractivity contribution in [3.63, 3.8) is 0 Å². The van der Waals surface area contributed by atoms with Gasteiger partial charge in [-0.25, -0.2) is 0 Å². The van der Waals surface area contributed by atoms with Gasteiger partial charge in [0.2, 0.25) is 0 Å². The Labute approximate surface area is 82.1 Å². The molecular formula is B4O7Zn. The Hall–Kier alpha value is 0.603. The van der Waals surface area contributed by atoms with Crippen LogP contribution in [-0.2, 0) is 42.3 Å². The molecule has 12 heavy (non-hydrogen) atoms. The molecule has 0 bridgehead atoms. The maximum atomic E-state index is 10.1. The molecule has 0 aliphatic carbocycles. The van der Waals surface area contributed by atoms with Gasteiger partial charge >= 0.3 is 48.8 Å². The normalized spacial score (nSPS) is 21.5. The fourth-order valence-electron chi connectivity index (χ4n) is 0.602. The first kappa shape index (κ1) is 10.7. The minimum Gasteiger partial charge on any atom is -0.833 e. The number of hydrogen-bond donors (Lipinski definition) is 0. The van der Waals surface area contributed by atoms with Crippen molar-refractivity contribution in [2.75, 3.05) is 0 Å². The SMILES string of the molecule is [O-]B1OB(OB2OB([O-])O2)O1.[Zn+2]. The van der Waals surface area contributed by atoms with E-state index in [1.165, 1.54) is 0 Å². The molecule has 0 aromatic rings. The third-order valence-electron chi connectivity index (χ3n) is 1.11. The van der Waals surface area contributed by atoms with E-state index in [0.29, 0.717) is 0 Å². The zero-order chi connectivity index (χ0) is 7.84. The molecule has 0 aromatic carbocycles. The van der Waals surface area contributed by atoms with Crippen LogP contribution in [0.2, 0.25) is 0 Å². The van der Waals surface area contributed by atoms with Crippen molar-refractivity contribution in [2.24, 2.45) is 0 Å². The zero-order valence-corrected chi connectivity index (χ0v) is 8.84. The minimum atomic E-state index is -1.51. The summed E-state index contributed by atoms with van der Waals surface area (Å²) in [5.41, 5.74) is 0. The molecule has 2 heterocycles. The molecule has 0 amide bonds. The van der Waals surface area contributed by atoms with Gasteiger partial charge in [-0.1, -0.05) is 0 Å². The fraction of sp³-hybridized carbons (Fsp3) is 0. The summed E-state index contributed by atoms with van der Waals surface area (Å²) in [4.78, 5) is 0. The summed E-state index contributed by atoms with van der Waals surface area (Å²) >= 11 is 0. The van der Waals surface area contributed by atoms with Crippen LogP contribution < -0.4 is 10.0 Å². The van der Waals surface area contributed by atoms with Crippen molar-refractivity contribution in [1.82, 2.24) is 0 Å². The van der Waals surface area contributed by atoms with Crippen molar-refractivity contribution in [2.45, 2.75) is 0 Å². The molecule has 0 radical (unpaired) electrons. The van der Waals surface area contributed by atoms with Crippen LogP contribution in [0.3, 0.4) is 0 Å². The van der Waals surface area contributed by atoms with E-state index >= 15 is 0 Å². The first-order valence-electron chi connectivity index (χ1n) is 2.83. The standard InChI is InChI=1S/B4O7.Zn/c5-1-7-3(8-1)11-4-9-2(6)10-4;/q-2;+2. The third kappa shape index (κ3) is 2.30. The molecule has 2 aliphatic rings. The Balaban J connectivity index is 0.000000720. The van der Waals surface area contributed by atoms with E-state index in [9.17, 15) is 10.0 Å². The van der Waals surface area contributed by atoms with Gasteiger partial charge < -0.3 is 32.9 Å². The maximum Gasteiger partial charge on any atom is 2.00 e. The summed E-state index contributed by atoms with van der Waals surface area (Å²) in [5, 5.41) is 20.2. The van der Waals surface area contributed by atoms with Gasteiger partial charge in [-0.3, -0.25) is 0 Å². The molecule has 2 rings (SSSR count). The van der Waals surface area contributed by atoms with Crippen LogP contribution in [0.1, 0.15) is 0 Å². The Bertz CT molecular complexity index is 126. The van der Waals surface area contributed by atoms with Gasteiger partial charge in [0.25, 0.3) is 0 Å². The van der Waals surface area contributed by atoms with E-state index in [0.717, 1.165) is 0 Å². The topological polar surface area (TPSA) is 92.3 Å². The second-order valence-corrected chi connectivity index (χ2v) is 1.84. The van der Waals surface area contributed by atoms with E-state index in [1.54, 1.807) is 0 Å². The van der Waals surface area contributed by atoms with Crippen molar-refractivity contribution in [1.29, 1.82) is 0 Å². The van der Waals surface area contributed by atoms with Crippen molar-refractivity contribution in [3.05, 3.63) is 0 Å². The van der Waals surface area contributed by atoms with Gasteiger partial charge in [-0.15, -0.1) is 0 Å². The summed E-state index contributed by atoms with van der Waals surface area (Å²) in [6.45, 7) is 0. The Morgan fingerprint density at radius 2 is 1.17 bits per heavy atom. The monoisotopic (exact) mass is 220 g/mol. The average Bonchev–Trinajstić information content (AvgIpc) is 1.81. The van der Waals surface area contributed by atoms with E-state index < -0.39 is 29.3 Å². The van der Waals surface area contributed by atoms with Gasteiger partial charge in [0, 0.05) is 0 Å². The van der Waals surface area contributed by atoms with Crippen LogP contribution in [-0.4, -0.2) is 29.3 Å². The zero-order valence-electron chi connectivity index (χ0n) is 5.87. The van der Waals surface area contributed by atoms with Gasteiger partial charge in [0.1, 0.15) is 0 Å². The van der Waals surface area contributed by atoms with Crippen LogP contribution in [0, 0.1) is 0 Å². The first-order valence-corrected chi connectivity index (χ1v) is 2.83. The molecule has 2 saturated heterocycles. The molecule has 0 N–H and O–H groups in total. The predicted molar refractivity (Wildman–Crippen MR) is 28.4 cm³/mol. The first-order chi connectivity index (χ1) is 5.24. The molecular weight excluding hydrogens is 221 g/mol. The Kier molecular flexibility index (Phi) is 3.75. The minimum absolute atomic E-state index is 0. The predicted octanol–water partition coefficient (Wildman–Crippen LogP) is -4.25. The third-order valence-corrected chi connectivity index (χ3v) is 1.11. The number of hydrogen-bond acceptors (Lipinski definition) is 7. The molecule has 2 fully saturated rings. The fourth-order valence-corrected chi connectivity index (χ4v) is 0.602. The molecule has 0 aromatic heterocycles. The number of rotatable bonds is 2. The van der Waals surface area contributed by atoms with Crippen LogP contribution in [0.5, 0.6) is 0 Å². The van der Waals surface area contributed by atoms with E-state index in [4.69, 9.17) is 0 Å². The quantitative estimate of drug-likeness (QED) is 0.435. The van der Waals surface area contributed by atoms with Gasteiger partial charge in [-0.2, -0.15) is 0 Å². The van der Waals surface area contributed by atoms with Crippen molar-refractivity contribution in [3.8, 4) is 0 Å². The molecule has 12 heteroatoms. The van der Waals surface area contributed by atoms with Gasteiger partial charge in [-0.05, 0) is 0 Å². The van der Waals surface area contributed by atoms with Gasteiger partial charge in [0.15, 0.2) is 0 Å². The summed E-state index contributed by atoms with van der Waals surface area (Å²) < 4.78 is 21.8. The molecule has 0 atom stereocenters.